The molecule has 1 aliphatic rings. The van der Waals surface area contributed by atoms with Gasteiger partial charge in [-0.1, -0.05) is 11.6 Å². The highest BCUT2D eigenvalue weighted by Gasteiger charge is 2.20. The van der Waals surface area contributed by atoms with Gasteiger partial charge in [-0.2, -0.15) is 0 Å². The van der Waals surface area contributed by atoms with Crippen LogP contribution in [0.2, 0.25) is 5.02 Å². The average molecular weight is 327 g/mol. The number of esters is 1. The Morgan fingerprint density at radius 3 is 2.55 bits per heavy atom. The summed E-state index contributed by atoms with van der Waals surface area (Å²) in [5, 5.41) is 0.719. The number of carbonyl (C=O) groups excluding carboxylic acids is 1. The highest BCUT2D eigenvalue weighted by atomic mass is 35.5. The van der Waals surface area contributed by atoms with E-state index in [2.05, 4.69) is 9.80 Å². The topological polar surface area (TPSA) is 42.0 Å². The molecular weight excluding hydrogens is 304 g/mol. The van der Waals surface area contributed by atoms with Crippen LogP contribution in [0.5, 0.6) is 5.75 Å². The van der Waals surface area contributed by atoms with Crippen LogP contribution in [0.25, 0.3) is 0 Å². The molecule has 6 heteroatoms. The van der Waals surface area contributed by atoms with Crippen molar-refractivity contribution in [2.45, 2.75) is 13.5 Å². The largest absolute Gasteiger partial charge is 0.496 e. The normalized spacial score (nSPS) is 16.5. The van der Waals surface area contributed by atoms with Crippen molar-refractivity contribution in [2.75, 3.05) is 46.4 Å². The molecule has 1 heterocycles. The third kappa shape index (κ3) is 4.87. The molecule has 22 heavy (non-hydrogen) atoms. The van der Waals surface area contributed by atoms with E-state index in [0.717, 1.165) is 49.1 Å². The second-order valence-electron chi connectivity index (χ2n) is 5.31. The van der Waals surface area contributed by atoms with Crippen LogP contribution in [0.1, 0.15) is 12.5 Å². The summed E-state index contributed by atoms with van der Waals surface area (Å²) in [6, 6.07) is 5.68. The fourth-order valence-electron chi connectivity index (χ4n) is 2.61. The SMILES string of the molecule is CCOC(=O)CN1CCN(Cc2cc(Cl)ccc2OC)CC1. The Hall–Kier alpha value is -1.30. The second kappa shape index (κ2) is 8.36. The number of benzene rings is 1. The standard InChI is InChI=1S/C16H23ClN2O3/c1-3-22-16(20)12-19-8-6-18(7-9-19)11-13-10-14(17)4-5-15(13)21-2/h4-5,10H,3,6-9,11-12H2,1-2H3. The predicted octanol–water partition coefficient (Wildman–Crippen LogP) is 2.03. The third-order valence-electron chi connectivity index (χ3n) is 3.76. The van der Waals surface area contributed by atoms with Crippen LogP contribution < -0.4 is 4.74 Å². The van der Waals surface area contributed by atoms with Gasteiger partial charge < -0.3 is 9.47 Å². The number of nitrogens with zero attached hydrogens (tertiary/aromatic N) is 2. The second-order valence-corrected chi connectivity index (χ2v) is 5.75. The highest BCUT2D eigenvalue weighted by molar-refractivity contribution is 6.30. The minimum absolute atomic E-state index is 0.146. The Kier molecular flexibility index (Phi) is 6.49. The molecule has 1 fully saturated rings. The quantitative estimate of drug-likeness (QED) is 0.748. The van der Waals surface area contributed by atoms with E-state index in [4.69, 9.17) is 21.1 Å². The van der Waals surface area contributed by atoms with E-state index in [1.807, 2.05) is 25.1 Å². The molecule has 0 amide bonds. The van der Waals surface area contributed by atoms with E-state index in [1.165, 1.54) is 0 Å². The molecule has 0 atom stereocenters. The number of hydrogen-bond donors (Lipinski definition) is 0. The van der Waals surface area contributed by atoms with Crippen molar-refractivity contribution >= 4 is 17.6 Å². The molecule has 0 aliphatic carbocycles. The number of piperazine rings is 1. The summed E-state index contributed by atoms with van der Waals surface area (Å²) in [7, 11) is 1.67. The van der Waals surface area contributed by atoms with E-state index in [0.29, 0.717) is 13.2 Å². The summed E-state index contributed by atoms with van der Waals surface area (Å²) in [6.07, 6.45) is 0. The predicted molar refractivity (Wildman–Crippen MR) is 86.4 cm³/mol. The lowest BCUT2D eigenvalue weighted by molar-refractivity contribution is -0.144. The molecule has 1 aromatic carbocycles. The van der Waals surface area contributed by atoms with Crippen molar-refractivity contribution in [2.24, 2.45) is 0 Å². The number of hydrogen-bond acceptors (Lipinski definition) is 5. The molecular formula is C16H23ClN2O3. The molecule has 0 saturated carbocycles. The lowest BCUT2D eigenvalue weighted by Crippen LogP contribution is -2.47. The summed E-state index contributed by atoms with van der Waals surface area (Å²) in [5.41, 5.74) is 1.09. The zero-order valence-corrected chi connectivity index (χ0v) is 13.9. The molecule has 0 N–H and O–H groups in total. The number of methoxy groups -OCH3 is 1. The van der Waals surface area contributed by atoms with Crippen molar-refractivity contribution in [3.63, 3.8) is 0 Å². The van der Waals surface area contributed by atoms with Gasteiger partial charge in [0.1, 0.15) is 5.75 Å². The monoisotopic (exact) mass is 326 g/mol. The van der Waals surface area contributed by atoms with Crippen LogP contribution in [0.3, 0.4) is 0 Å². The molecule has 0 spiro atoms. The maximum absolute atomic E-state index is 11.5. The molecule has 122 valence electrons. The van der Waals surface area contributed by atoms with Crippen molar-refractivity contribution < 1.29 is 14.3 Å². The van der Waals surface area contributed by atoms with E-state index in [-0.39, 0.29) is 5.97 Å². The zero-order valence-electron chi connectivity index (χ0n) is 13.2. The van der Waals surface area contributed by atoms with Gasteiger partial charge in [-0.15, -0.1) is 0 Å². The maximum atomic E-state index is 11.5. The van der Waals surface area contributed by atoms with E-state index in [9.17, 15) is 4.79 Å². The van der Waals surface area contributed by atoms with Gasteiger partial charge in [0, 0.05) is 43.3 Å². The number of halogens is 1. The van der Waals surface area contributed by atoms with Crippen molar-refractivity contribution in [3.05, 3.63) is 28.8 Å². The summed E-state index contributed by atoms with van der Waals surface area (Å²) in [6.45, 7) is 6.99. The molecule has 0 aromatic heterocycles. The minimum atomic E-state index is -0.146. The number of carbonyl (C=O) groups is 1. The molecule has 0 unspecified atom stereocenters. The van der Waals surface area contributed by atoms with Crippen molar-refractivity contribution in [3.8, 4) is 5.75 Å². The number of ether oxygens (including phenoxy) is 2. The maximum Gasteiger partial charge on any atom is 0.320 e. The number of rotatable bonds is 6. The average Bonchev–Trinajstić information content (AvgIpc) is 2.50. The van der Waals surface area contributed by atoms with Gasteiger partial charge >= 0.3 is 5.97 Å². The van der Waals surface area contributed by atoms with Crippen LogP contribution in [0.4, 0.5) is 0 Å². The molecule has 5 nitrogen and oxygen atoms in total. The van der Waals surface area contributed by atoms with E-state index < -0.39 is 0 Å². The Bertz CT molecular complexity index is 502. The molecule has 1 saturated heterocycles. The van der Waals surface area contributed by atoms with Gasteiger partial charge in [-0.05, 0) is 25.1 Å². The Morgan fingerprint density at radius 2 is 1.91 bits per heavy atom. The molecule has 0 bridgehead atoms. The fraction of sp³-hybridized carbons (Fsp3) is 0.562. The smallest absolute Gasteiger partial charge is 0.320 e. The summed E-state index contributed by atoms with van der Waals surface area (Å²) < 4.78 is 10.4. The van der Waals surface area contributed by atoms with Gasteiger partial charge in [0.15, 0.2) is 0 Å². The zero-order chi connectivity index (χ0) is 15.9. The first-order valence-corrected chi connectivity index (χ1v) is 7.93. The van der Waals surface area contributed by atoms with E-state index in [1.54, 1.807) is 7.11 Å². The summed E-state index contributed by atoms with van der Waals surface area (Å²) >= 11 is 6.07. The minimum Gasteiger partial charge on any atom is -0.496 e. The van der Waals surface area contributed by atoms with Crippen molar-refractivity contribution in [1.29, 1.82) is 0 Å². The first kappa shape index (κ1) is 17.1. The van der Waals surface area contributed by atoms with Crippen LogP contribution in [0.15, 0.2) is 18.2 Å². The highest BCUT2D eigenvalue weighted by Crippen LogP contribution is 2.24. The molecule has 0 radical (unpaired) electrons. The molecule has 1 aromatic rings. The van der Waals surface area contributed by atoms with Gasteiger partial charge in [0.2, 0.25) is 0 Å². The van der Waals surface area contributed by atoms with Gasteiger partial charge in [0.05, 0.1) is 20.3 Å². The first-order valence-electron chi connectivity index (χ1n) is 7.55. The van der Waals surface area contributed by atoms with Crippen LogP contribution in [-0.2, 0) is 16.1 Å². The van der Waals surface area contributed by atoms with Crippen molar-refractivity contribution in [1.82, 2.24) is 9.80 Å². The molecule has 2 rings (SSSR count). The van der Waals surface area contributed by atoms with Crippen LogP contribution in [0, 0.1) is 0 Å². The summed E-state index contributed by atoms with van der Waals surface area (Å²) in [4.78, 5) is 16.0. The van der Waals surface area contributed by atoms with Gasteiger partial charge in [0.25, 0.3) is 0 Å². The Balaban J connectivity index is 1.85. The van der Waals surface area contributed by atoms with E-state index >= 15 is 0 Å². The fourth-order valence-corrected chi connectivity index (χ4v) is 2.80. The Morgan fingerprint density at radius 1 is 1.23 bits per heavy atom. The summed E-state index contributed by atoms with van der Waals surface area (Å²) in [5.74, 6) is 0.714. The van der Waals surface area contributed by atoms with Crippen LogP contribution in [-0.4, -0.2) is 62.2 Å². The third-order valence-corrected chi connectivity index (χ3v) is 3.99. The lowest BCUT2D eigenvalue weighted by atomic mass is 10.1. The lowest BCUT2D eigenvalue weighted by Gasteiger charge is -2.34. The van der Waals surface area contributed by atoms with Gasteiger partial charge in [-0.3, -0.25) is 14.6 Å². The Labute approximate surface area is 136 Å². The first-order chi connectivity index (χ1) is 10.6. The van der Waals surface area contributed by atoms with Crippen LogP contribution >= 0.6 is 11.6 Å². The molecule has 1 aliphatic heterocycles. The van der Waals surface area contributed by atoms with Gasteiger partial charge in [-0.25, -0.2) is 0 Å².